The number of morpholine rings is 1. The monoisotopic (exact) mass is 367 g/mol. The van der Waals surface area contributed by atoms with Gasteiger partial charge in [-0.05, 0) is 36.8 Å². The predicted molar refractivity (Wildman–Crippen MR) is 110 cm³/mol. The third-order valence-electron chi connectivity index (χ3n) is 4.69. The molecule has 27 heavy (non-hydrogen) atoms. The van der Waals surface area contributed by atoms with Crippen molar-refractivity contribution in [2.45, 2.75) is 26.4 Å². The van der Waals surface area contributed by atoms with Gasteiger partial charge in [-0.2, -0.15) is 0 Å². The fourth-order valence-electron chi connectivity index (χ4n) is 3.22. The van der Waals surface area contributed by atoms with Gasteiger partial charge in [-0.3, -0.25) is 0 Å². The molecule has 0 saturated carbocycles. The summed E-state index contributed by atoms with van der Waals surface area (Å²) in [5, 5.41) is 11.2. The van der Waals surface area contributed by atoms with Gasteiger partial charge in [-0.1, -0.05) is 38.0 Å². The fraction of sp³-hybridized carbons (Fsp3) is 0.391. The van der Waals surface area contributed by atoms with E-state index in [1.807, 2.05) is 63.2 Å². The van der Waals surface area contributed by atoms with Gasteiger partial charge in [0.15, 0.2) is 5.60 Å². The molecule has 1 unspecified atom stereocenters. The van der Waals surface area contributed by atoms with Crippen LogP contribution in [0.15, 0.2) is 42.5 Å². The van der Waals surface area contributed by atoms with E-state index in [0.29, 0.717) is 11.1 Å². The number of hydrogen-bond acceptors (Lipinski definition) is 4. The van der Waals surface area contributed by atoms with Crippen LogP contribution in [0, 0.1) is 19.3 Å². The van der Waals surface area contributed by atoms with Crippen molar-refractivity contribution >= 4 is 5.69 Å². The Kier molecular flexibility index (Phi) is 7.29. The fourth-order valence-corrected chi connectivity index (χ4v) is 3.22. The molecule has 1 aliphatic rings. The Morgan fingerprint density at radius 2 is 1.74 bits per heavy atom. The maximum Gasteiger partial charge on any atom is 0.176 e. The highest BCUT2D eigenvalue weighted by Crippen LogP contribution is 2.34. The topological polar surface area (TPSA) is 41.9 Å². The van der Waals surface area contributed by atoms with E-state index >= 15 is 0 Å². The zero-order chi connectivity index (χ0) is 19.9. The summed E-state index contributed by atoms with van der Waals surface area (Å²) in [4.78, 5) is 2.26. The van der Waals surface area contributed by atoms with E-state index in [2.05, 4.69) is 10.8 Å². The number of benzene rings is 2. The third kappa shape index (κ3) is 4.44. The minimum atomic E-state index is -1.47. The number of anilines is 1. The highest BCUT2D eigenvalue weighted by atomic mass is 16.5. The highest BCUT2D eigenvalue weighted by Gasteiger charge is 2.31. The first kappa shape index (κ1) is 20.8. The molecule has 0 radical (unpaired) electrons. The van der Waals surface area contributed by atoms with Crippen molar-refractivity contribution in [2.75, 3.05) is 38.3 Å². The molecular weight excluding hydrogens is 338 g/mol. The Bertz CT molecular complexity index is 773. The molecular formula is C23H29NO3. The van der Waals surface area contributed by atoms with Gasteiger partial charge in [0, 0.05) is 29.9 Å². The molecule has 0 amide bonds. The lowest BCUT2D eigenvalue weighted by atomic mass is 9.84. The molecule has 1 heterocycles. The molecule has 144 valence electrons. The second kappa shape index (κ2) is 9.45. The van der Waals surface area contributed by atoms with Crippen molar-refractivity contribution in [1.82, 2.24) is 0 Å². The number of nitrogens with zero attached hydrogens (tertiary/aromatic N) is 1. The van der Waals surface area contributed by atoms with Crippen molar-refractivity contribution in [1.29, 1.82) is 0 Å². The van der Waals surface area contributed by atoms with E-state index in [1.165, 1.54) is 0 Å². The van der Waals surface area contributed by atoms with Crippen LogP contribution in [0.1, 0.15) is 30.5 Å². The number of aryl methyl sites for hydroxylation is 1. The Balaban J connectivity index is 0.00000126. The van der Waals surface area contributed by atoms with Crippen molar-refractivity contribution in [3.05, 3.63) is 59.2 Å². The summed E-state index contributed by atoms with van der Waals surface area (Å²) < 4.78 is 10.6. The molecule has 1 fully saturated rings. The highest BCUT2D eigenvalue weighted by molar-refractivity contribution is 5.54. The van der Waals surface area contributed by atoms with Crippen LogP contribution in [-0.2, 0) is 10.3 Å². The van der Waals surface area contributed by atoms with Crippen LogP contribution in [0.5, 0.6) is 5.75 Å². The van der Waals surface area contributed by atoms with Crippen LogP contribution in [0.2, 0.25) is 0 Å². The van der Waals surface area contributed by atoms with Gasteiger partial charge in [0.2, 0.25) is 0 Å². The molecule has 1 N–H and O–H groups in total. The molecule has 1 aliphatic heterocycles. The van der Waals surface area contributed by atoms with Crippen LogP contribution < -0.4 is 9.64 Å². The number of ether oxygens (including phenoxy) is 2. The summed E-state index contributed by atoms with van der Waals surface area (Å²) >= 11 is 0. The normalized spacial score (nSPS) is 15.8. The second-order valence-corrected chi connectivity index (χ2v) is 6.18. The predicted octanol–water partition coefficient (Wildman–Crippen LogP) is 3.74. The Hall–Kier alpha value is -2.48. The molecule has 3 rings (SSSR count). The quantitative estimate of drug-likeness (QED) is 0.836. The van der Waals surface area contributed by atoms with Crippen LogP contribution in [0.4, 0.5) is 5.69 Å². The van der Waals surface area contributed by atoms with Crippen molar-refractivity contribution in [3.8, 4) is 18.1 Å². The van der Waals surface area contributed by atoms with Gasteiger partial charge in [0.25, 0.3) is 0 Å². The van der Waals surface area contributed by atoms with Gasteiger partial charge in [-0.25, -0.2) is 0 Å². The Labute approximate surface area is 162 Å². The summed E-state index contributed by atoms with van der Waals surface area (Å²) in [6, 6.07) is 13.3. The first-order chi connectivity index (χ1) is 13.1. The lowest BCUT2D eigenvalue weighted by Gasteiger charge is -2.30. The average molecular weight is 367 g/mol. The average Bonchev–Trinajstić information content (AvgIpc) is 2.75. The smallest absolute Gasteiger partial charge is 0.176 e. The number of terminal acetylenes is 1. The van der Waals surface area contributed by atoms with Crippen LogP contribution in [0.25, 0.3) is 0 Å². The summed E-state index contributed by atoms with van der Waals surface area (Å²) in [5.41, 5.74) is 1.89. The van der Waals surface area contributed by atoms with Gasteiger partial charge in [-0.15, -0.1) is 6.42 Å². The molecule has 0 aromatic heterocycles. The molecule has 0 bridgehead atoms. The van der Waals surface area contributed by atoms with E-state index < -0.39 is 5.60 Å². The first-order valence-electron chi connectivity index (χ1n) is 9.37. The molecule has 1 saturated heterocycles. The number of methoxy groups -OCH3 is 1. The second-order valence-electron chi connectivity index (χ2n) is 6.18. The number of hydrogen-bond donors (Lipinski definition) is 1. The van der Waals surface area contributed by atoms with E-state index in [4.69, 9.17) is 15.9 Å². The number of aliphatic hydroxyl groups is 1. The van der Waals surface area contributed by atoms with Crippen LogP contribution in [0.3, 0.4) is 0 Å². The minimum absolute atomic E-state index is 0.681. The van der Waals surface area contributed by atoms with E-state index in [0.717, 1.165) is 43.3 Å². The zero-order valence-corrected chi connectivity index (χ0v) is 16.7. The molecule has 4 heteroatoms. The molecule has 0 aliphatic carbocycles. The standard InChI is InChI=1S/C21H23NO3.C2H6/c1-4-21(23,20-10-9-19(24-3)15-16(20)2)17-5-7-18(8-6-17)22-11-13-25-14-12-22;1-2/h1,5-10,15,23H,11-14H2,2-3H3;1-2H3. The van der Waals surface area contributed by atoms with Gasteiger partial charge in [0.05, 0.1) is 20.3 Å². The summed E-state index contributed by atoms with van der Waals surface area (Å²) in [6.45, 7) is 9.14. The maximum absolute atomic E-state index is 11.2. The molecule has 2 aromatic carbocycles. The van der Waals surface area contributed by atoms with Crippen LogP contribution in [-0.4, -0.2) is 38.5 Å². The lowest BCUT2D eigenvalue weighted by molar-refractivity contribution is 0.122. The summed E-state index contributed by atoms with van der Waals surface area (Å²) in [5.74, 6) is 3.31. The zero-order valence-electron chi connectivity index (χ0n) is 16.7. The van der Waals surface area contributed by atoms with E-state index in [-0.39, 0.29) is 0 Å². The van der Waals surface area contributed by atoms with Crippen molar-refractivity contribution in [3.63, 3.8) is 0 Å². The molecule has 2 aromatic rings. The summed E-state index contributed by atoms with van der Waals surface area (Å²) in [6.07, 6.45) is 5.73. The molecule has 4 nitrogen and oxygen atoms in total. The SMILES string of the molecule is C#CC(O)(c1ccc(N2CCOCC2)cc1)c1ccc(OC)cc1C.CC. The summed E-state index contributed by atoms with van der Waals surface area (Å²) in [7, 11) is 1.62. The number of rotatable bonds is 4. The van der Waals surface area contributed by atoms with Crippen molar-refractivity contribution in [2.24, 2.45) is 0 Å². The Morgan fingerprint density at radius 3 is 2.26 bits per heavy atom. The van der Waals surface area contributed by atoms with Gasteiger partial charge >= 0.3 is 0 Å². The molecule has 1 atom stereocenters. The van der Waals surface area contributed by atoms with Gasteiger partial charge < -0.3 is 19.5 Å². The first-order valence-corrected chi connectivity index (χ1v) is 9.37. The van der Waals surface area contributed by atoms with E-state index in [9.17, 15) is 5.11 Å². The van der Waals surface area contributed by atoms with E-state index in [1.54, 1.807) is 7.11 Å². The minimum Gasteiger partial charge on any atom is -0.497 e. The lowest BCUT2D eigenvalue weighted by Crippen LogP contribution is -2.36. The third-order valence-corrected chi connectivity index (χ3v) is 4.69. The largest absolute Gasteiger partial charge is 0.497 e. The van der Waals surface area contributed by atoms with Gasteiger partial charge in [0.1, 0.15) is 5.75 Å². The Morgan fingerprint density at radius 1 is 1.11 bits per heavy atom. The van der Waals surface area contributed by atoms with Crippen molar-refractivity contribution < 1.29 is 14.6 Å². The maximum atomic E-state index is 11.2. The van der Waals surface area contributed by atoms with Crippen LogP contribution >= 0.6 is 0 Å². The molecule has 0 spiro atoms.